The fourth-order valence-corrected chi connectivity index (χ4v) is 5.10. The predicted molar refractivity (Wildman–Crippen MR) is 131 cm³/mol. The van der Waals surface area contributed by atoms with Crippen molar-refractivity contribution in [2.24, 2.45) is 0 Å². The van der Waals surface area contributed by atoms with E-state index in [0.29, 0.717) is 42.7 Å². The Morgan fingerprint density at radius 2 is 1.94 bits per heavy atom. The predicted octanol–water partition coefficient (Wildman–Crippen LogP) is 4.90. The summed E-state index contributed by atoms with van der Waals surface area (Å²) in [5.74, 6) is 0.0471. The maximum Gasteiger partial charge on any atom is 0.187 e. The molecule has 31 heavy (non-hydrogen) atoms. The van der Waals surface area contributed by atoms with Gasteiger partial charge in [-0.05, 0) is 77.5 Å². The lowest BCUT2D eigenvalue weighted by molar-refractivity contribution is -0.135. The molecule has 0 heterocycles. The molecule has 0 aliphatic heterocycles. The van der Waals surface area contributed by atoms with Crippen LogP contribution in [0.15, 0.2) is 45.4 Å². The number of halogens is 2. The van der Waals surface area contributed by atoms with Crippen LogP contribution in [0.4, 0.5) is 11.4 Å². The Morgan fingerprint density at radius 1 is 1.26 bits per heavy atom. The van der Waals surface area contributed by atoms with Crippen LogP contribution in [0.5, 0.6) is 11.5 Å². The Kier molecular flexibility index (Phi) is 7.34. The number of hydrogen-bond acceptors (Lipinski definition) is 6. The molecule has 3 rings (SSSR count). The van der Waals surface area contributed by atoms with Gasteiger partial charge in [0.25, 0.3) is 0 Å². The van der Waals surface area contributed by atoms with Crippen LogP contribution < -0.4 is 15.4 Å². The molecule has 1 fully saturated rings. The van der Waals surface area contributed by atoms with Gasteiger partial charge in [0, 0.05) is 22.0 Å². The van der Waals surface area contributed by atoms with E-state index in [4.69, 9.17) is 10.5 Å². The number of methoxy groups -OCH3 is 1. The Morgan fingerprint density at radius 3 is 2.58 bits per heavy atom. The molecule has 0 bridgehead atoms. The van der Waals surface area contributed by atoms with Gasteiger partial charge >= 0.3 is 0 Å². The molecule has 0 unspecified atom stereocenters. The maximum atomic E-state index is 12.7. The zero-order valence-corrected chi connectivity index (χ0v) is 20.6. The minimum absolute atomic E-state index is 0.0326. The van der Waals surface area contributed by atoms with Crippen LogP contribution in [-0.2, 0) is 4.79 Å². The lowest BCUT2D eigenvalue weighted by atomic mass is 9.78. The molecule has 0 atom stereocenters. The average Bonchev–Trinajstić information content (AvgIpc) is 2.75. The Labute approximate surface area is 199 Å². The highest BCUT2D eigenvalue weighted by Gasteiger charge is 2.39. The number of ether oxygens (including phenoxy) is 1. The molecule has 2 aromatic carbocycles. The summed E-state index contributed by atoms with van der Waals surface area (Å²) in [7, 11) is 3.45. The zero-order valence-electron chi connectivity index (χ0n) is 17.4. The summed E-state index contributed by atoms with van der Waals surface area (Å²) in [5, 5.41) is 20.6. The lowest BCUT2D eigenvalue weighted by Gasteiger charge is -2.39. The number of rotatable bonds is 6. The molecule has 8 heteroatoms. The van der Waals surface area contributed by atoms with Crippen molar-refractivity contribution in [2.75, 3.05) is 24.8 Å². The zero-order chi connectivity index (χ0) is 22.8. The second kappa shape index (κ2) is 9.63. The molecular formula is C23H26Br2N2O4. The molecule has 0 radical (unpaired) electrons. The third-order valence-electron chi connectivity index (χ3n) is 5.87. The van der Waals surface area contributed by atoms with Gasteiger partial charge in [-0.25, -0.2) is 0 Å². The summed E-state index contributed by atoms with van der Waals surface area (Å²) in [5.41, 5.74) is 7.14. The minimum atomic E-state index is -1.38. The van der Waals surface area contributed by atoms with Crippen molar-refractivity contribution in [2.45, 2.75) is 37.3 Å². The second-order valence-corrected chi connectivity index (χ2v) is 9.59. The van der Waals surface area contributed by atoms with Crippen LogP contribution in [0.2, 0.25) is 0 Å². The van der Waals surface area contributed by atoms with E-state index in [1.165, 1.54) is 19.3 Å². The number of aliphatic hydroxyl groups is 1. The van der Waals surface area contributed by atoms with Crippen molar-refractivity contribution in [3.63, 3.8) is 0 Å². The summed E-state index contributed by atoms with van der Waals surface area (Å²) >= 11 is 6.98. The number of anilines is 2. The highest BCUT2D eigenvalue weighted by molar-refractivity contribution is 9.11. The molecule has 0 saturated heterocycles. The monoisotopic (exact) mass is 552 g/mol. The highest BCUT2D eigenvalue weighted by atomic mass is 79.9. The fourth-order valence-electron chi connectivity index (χ4n) is 3.90. The first-order valence-electron chi connectivity index (χ1n) is 9.94. The molecule has 1 aliphatic rings. The van der Waals surface area contributed by atoms with E-state index in [1.54, 1.807) is 18.2 Å². The number of carbonyl (C=O) groups excluding carboxylic acids is 1. The summed E-state index contributed by atoms with van der Waals surface area (Å²) in [6.45, 7) is 0. The molecule has 166 valence electrons. The van der Waals surface area contributed by atoms with E-state index >= 15 is 0 Å². The van der Waals surface area contributed by atoms with Crippen molar-refractivity contribution in [3.05, 3.63) is 50.9 Å². The van der Waals surface area contributed by atoms with Crippen LogP contribution in [0.3, 0.4) is 0 Å². The fraction of sp³-hybridized carbons (Fsp3) is 0.348. The van der Waals surface area contributed by atoms with Gasteiger partial charge in [-0.1, -0.05) is 28.1 Å². The third-order valence-corrected chi connectivity index (χ3v) is 6.99. The van der Waals surface area contributed by atoms with Gasteiger partial charge in [0.05, 0.1) is 18.5 Å². The van der Waals surface area contributed by atoms with E-state index in [0.717, 1.165) is 14.6 Å². The molecule has 4 N–H and O–H groups in total. The quantitative estimate of drug-likeness (QED) is 0.348. The molecule has 0 spiro atoms. The smallest absolute Gasteiger partial charge is 0.187 e. The summed E-state index contributed by atoms with van der Waals surface area (Å²) in [6, 6.07) is 8.86. The number of carbonyl (C=O) groups is 1. The van der Waals surface area contributed by atoms with E-state index < -0.39 is 5.60 Å². The van der Waals surface area contributed by atoms with Crippen LogP contribution in [0, 0.1) is 0 Å². The molecule has 1 aliphatic carbocycles. The van der Waals surface area contributed by atoms with Crippen molar-refractivity contribution in [1.82, 2.24) is 0 Å². The molecule has 2 aromatic rings. The number of aromatic hydroxyl groups is 1. The third kappa shape index (κ3) is 5.25. The number of nitrogen functional groups attached to an aromatic ring is 1. The largest absolute Gasteiger partial charge is 0.504 e. The Hall–Kier alpha value is -2.03. The molecular weight excluding hydrogens is 528 g/mol. The average molecular weight is 554 g/mol. The van der Waals surface area contributed by atoms with Crippen LogP contribution in [-0.4, -0.2) is 41.8 Å². The molecule has 0 amide bonds. The van der Waals surface area contributed by atoms with Gasteiger partial charge in [-0.2, -0.15) is 0 Å². The van der Waals surface area contributed by atoms with Gasteiger partial charge in [-0.15, -0.1) is 0 Å². The first-order chi connectivity index (χ1) is 14.6. The Balaban J connectivity index is 1.67. The van der Waals surface area contributed by atoms with Crippen molar-refractivity contribution in [1.29, 1.82) is 0 Å². The Bertz CT molecular complexity index is 1000. The van der Waals surface area contributed by atoms with Crippen molar-refractivity contribution < 1.29 is 19.7 Å². The standard InChI is InChI=1S/C23H26Br2N2O4/c1-27(18-13-15(24)12-17(25)22(18)26)16-7-9-23(30,10-8-16)21(29)6-4-14-3-5-19(28)20(11-14)31-2/h3-6,11-13,16,28,30H,7-10,26H2,1-2H3. The summed E-state index contributed by atoms with van der Waals surface area (Å²) < 4.78 is 6.83. The minimum Gasteiger partial charge on any atom is -0.504 e. The number of hydrogen-bond donors (Lipinski definition) is 3. The van der Waals surface area contributed by atoms with E-state index in [2.05, 4.69) is 36.8 Å². The van der Waals surface area contributed by atoms with Gasteiger partial charge in [0.15, 0.2) is 17.3 Å². The molecule has 1 saturated carbocycles. The normalized spacial score (nSPS) is 21.3. The van der Waals surface area contributed by atoms with E-state index in [9.17, 15) is 15.0 Å². The number of ketones is 1. The number of phenolic OH excluding ortho intramolecular Hbond substituents is 1. The first-order valence-corrected chi connectivity index (χ1v) is 11.5. The van der Waals surface area contributed by atoms with E-state index in [-0.39, 0.29) is 17.6 Å². The SMILES string of the molecule is COc1cc(C=CC(=O)C2(O)CCC(N(C)c3cc(Br)cc(Br)c3N)CC2)ccc1O. The van der Waals surface area contributed by atoms with Gasteiger partial charge < -0.3 is 25.6 Å². The van der Waals surface area contributed by atoms with E-state index in [1.807, 2.05) is 19.2 Å². The number of nitrogens with zero attached hydrogens (tertiary/aromatic N) is 1. The lowest BCUT2D eigenvalue weighted by Crippen LogP contribution is -2.46. The van der Waals surface area contributed by atoms with Crippen LogP contribution >= 0.6 is 31.9 Å². The molecule has 0 aromatic heterocycles. The first kappa shape index (κ1) is 23.6. The second-order valence-electron chi connectivity index (χ2n) is 7.82. The summed E-state index contributed by atoms with van der Waals surface area (Å²) in [4.78, 5) is 14.9. The highest BCUT2D eigenvalue weighted by Crippen LogP contribution is 2.39. The van der Waals surface area contributed by atoms with Crippen molar-refractivity contribution >= 4 is 55.1 Å². The summed E-state index contributed by atoms with van der Waals surface area (Å²) in [6.07, 6.45) is 5.12. The van der Waals surface area contributed by atoms with Gasteiger partial charge in [-0.3, -0.25) is 4.79 Å². The van der Waals surface area contributed by atoms with Crippen LogP contribution in [0.1, 0.15) is 31.2 Å². The number of phenols is 1. The van der Waals surface area contributed by atoms with Crippen molar-refractivity contribution in [3.8, 4) is 11.5 Å². The topological polar surface area (TPSA) is 96.0 Å². The van der Waals surface area contributed by atoms with Gasteiger partial charge in [0.1, 0.15) is 5.60 Å². The molecule has 6 nitrogen and oxygen atoms in total. The van der Waals surface area contributed by atoms with Crippen LogP contribution in [0.25, 0.3) is 6.08 Å². The number of nitrogens with two attached hydrogens (primary N) is 1. The maximum absolute atomic E-state index is 12.7. The van der Waals surface area contributed by atoms with Gasteiger partial charge in [0.2, 0.25) is 0 Å². The number of benzene rings is 2.